The van der Waals surface area contributed by atoms with E-state index in [1.807, 2.05) is 7.05 Å². The maximum absolute atomic E-state index is 3.62. The fourth-order valence-electron chi connectivity index (χ4n) is 2.25. The predicted molar refractivity (Wildman–Crippen MR) is 85.6 cm³/mol. The molecule has 0 saturated carbocycles. The van der Waals surface area contributed by atoms with Gasteiger partial charge >= 0.3 is 0 Å². The Balaban J connectivity index is 2.25. The topological polar surface area (TPSA) is 12.0 Å². The number of halogens is 1. The van der Waals surface area contributed by atoms with E-state index in [1.165, 1.54) is 26.7 Å². The van der Waals surface area contributed by atoms with E-state index in [2.05, 4.69) is 77.6 Å². The molecule has 0 heterocycles. The van der Waals surface area contributed by atoms with Crippen molar-refractivity contribution in [1.29, 1.82) is 0 Å². The molecule has 100 valence electrons. The molecule has 1 N–H and O–H groups in total. The lowest BCUT2D eigenvalue weighted by atomic mass is 9.96. The molecule has 0 spiro atoms. The van der Waals surface area contributed by atoms with E-state index in [0.717, 1.165) is 6.42 Å². The van der Waals surface area contributed by atoms with Gasteiger partial charge in [0.25, 0.3) is 0 Å². The first-order chi connectivity index (χ1) is 9.11. The Hall–Kier alpha value is -1.12. The van der Waals surface area contributed by atoms with Gasteiger partial charge in [0.15, 0.2) is 0 Å². The van der Waals surface area contributed by atoms with Crippen LogP contribution in [0.2, 0.25) is 0 Å². The van der Waals surface area contributed by atoms with E-state index in [4.69, 9.17) is 0 Å². The van der Waals surface area contributed by atoms with Crippen molar-refractivity contribution < 1.29 is 0 Å². The summed E-state index contributed by atoms with van der Waals surface area (Å²) in [7, 11) is 2.02. The third-order valence-electron chi connectivity index (χ3n) is 3.66. The van der Waals surface area contributed by atoms with Crippen molar-refractivity contribution in [3.63, 3.8) is 0 Å². The van der Waals surface area contributed by atoms with Gasteiger partial charge in [-0.1, -0.05) is 52.3 Å². The Morgan fingerprint density at radius 3 is 2.42 bits per heavy atom. The molecule has 1 nitrogen and oxygen atoms in total. The molecule has 2 aromatic carbocycles. The third kappa shape index (κ3) is 3.46. The summed E-state index contributed by atoms with van der Waals surface area (Å²) in [5.41, 5.74) is 5.38. The highest BCUT2D eigenvalue weighted by molar-refractivity contribution is 9.10. The maximum atomic E-state index is 3.62. The van der Waals surface area contributed by atoms with Crippen LogP contribution in [0.3, 0.4) is 0 Å². The molecule has 0 fully saturated rings. The monoisotopic (exact) mass is 317 g/mol. The molecule has 0 amide bonds. The zero-order chi connectivity index (χ0) is 13.8. The zero-order valence-electron chi connectivity index (χ0n) is 11.7. The third-order valence-corrected chi connectivity index (χ3v) is 4.44. The van der Waals surface area contributed by atoms with Gasteiger partial charge in [0, 0.05) is 10.5 Å². The van der Waals surface area contributed by atoms with Crippen molar-refractivity contribution in [3.8, 4) is 0 Å². The zero-order valence-corrected chi connectivity index (χ0v) is 13.3. The van der Waals surface area contributed by atoms with Crippen LogP contribution in [-0.2, 0) is 6.42 Å². The van der Waals surface area contributed by atoms with Crippen molar-refractivity contribution in [3.05, 3.63) is 69.2 Å². The van der Waals surface area contributed by atoms with Crippen molar-refractivity contribution in [2.45, 2.75) is 26.3 Å². The van der Waals surface area contributed by atoms with Gasteiger partial charge in [-0.3, -0.25) is 0 Å². The van der Waals surface area contributed by atoms with Gasteiger partial charge < -0.3 is 5.32 Å². The van der Waals surface area contributed by atoms with Gasteiger partial charge in [-0.2, -0.15) is 0 Å². The standard InChI is InChI=1S/C17H20BrN/c1-12-8-9-15(10-13(12)2)17(19-3)11-14-6-4-5-7-16(14)18/h4-10,17,19H,11H2,1-3H3. The highest BCUT2D eigenvalue weighted by Crippen LogP contribution is 2.24. The molecule has 19 heavy (non-hydrogen) atoms. The average molecular weight is 318 g/mol. The maximum Gasteiger partial charge on any atom is 0.0358 e. The summed E-state index contributed by atoms with van der Waals surface area (Å²) < 4.78 is 1.18. The number of benzene rings is 2. The molecule has 0 radical (unpaired) electrons. The second-order valence-electron chi connectivity index (χ2n) is 4.98. The largest absolute Gasteiger partial charge is 0.313 e. The Morgan fingerprint density at radius 1 is 1.05 bits per heavy atom. The van der Waals surface area contributed by atoms with Crippen LogP contribution >= 0.6 is 15.9 Å². The summed E-state index contributed by atoms with van der Waals surface area (Å²) in [5.74, 6) is 0. The molecule has 1 atom stereocenters. The van der Waals surface area contributed by atoms with E-state index < -0.39 is 0 Å². The summed E-state index contributed by atoms with van der Waals surface area (Å²) in [6.45, 7) is 4.32. The van der Waals surface area contributed by atoms with Crippen LogP contribution in [0, 0.1) is 13.8 Å². The molecule has 0 saturated heterocycles. The highest BCUT2D eigenvalue weighted by Gasteiger charge is 2.12. The number of likely N-dealkylation sites (N-methyl/N-ethyl adjacent to an activating group) is 1. The lowest BCUT2D eigenvalue weighted by Gasteiger charge is -2.18. The van der Waals surface area contributed by atoms with Crippen LogP contribution < -0.4 is 5.32 Å². The number of hydrogen-bond acceptors (Lipinski definition) is 1. The number of nitrogens with one attached hydrogen (secondary N) is 1. The molecule has 2 rings (SSSR count). The molecular weight excluding hydrogens is 298 g/mol. The lowest BCUT2D eigenvalue weighted by molar-refractivity contribution is 0.590. The van der Waals surface area contributed by atoms with Crippen LogP contribution in [0.15, 0.2) is 46.9 Å². The molecule has 0 aromatic heterocycles. The van der Waals surface area contributed by atoms with E-state index in [9.17, 15) is 0 Å². The second kappa shape index (κ2) is 6.36. The summed E-state index contributed by atoms with van der Waals surface area (Å²) in [4.78, 5) is 0. The van der Waals surface area contributed by atoms with Crippen LogP contribution in [0.25, 0.3) is 0 Å². The highest BCUT2D eigenvalue weighted by atomic mass is 79.9. The first kappa shape index (κ1) is 14.3. The van der Waals surface area contributed by atoms with Gasteiger partial charge in [0.2, 0.25) is 0 Å². The Morgan fingerprint density at radius 2 is 1.79 bits per heavy atom. The van der Waals surface area contributed by atoms with E-state index in [-0.39, 0.29) is 0 Å². The van der Waals surface area contributed by atoms with Crippen LogP contribution in [-0.4, -0.2) is 7.05 Å². The minimum Gasteiger partial charge on any atom is -0.313 e. The Bertz CT molecular complexity index is 563. The molecule has 2 aromatic rings. The summed E-state index contributed by atoms with van der Waals surface area (Å²) >= 11 is 3.62. The summed E-state index contributed by atoms with van der Waals surface area (Å²) in [5, 5.41) is 3.42. The van der Waals surface area contributed by atoms with Crippen molar-refractivity contribution in [2.24, 2.45) is 0 Å². The Kier molecular flexibility index (Phi) is 4.78. The Labute approximate surface area is 124 Å². The number of hydrogen-bond donors (Lipinski definition) is 1. The number of rotatable bonds is 4. The van der Waals surface area contributed by atoms with E-state index in [1.54, 1.807) is 0 Å². The molecule has 0 bridgehead atoms. The van der Waals surface area contributed by atoms with Gasteiger partial charge in [-0.05, 0) is 55.6 Å². The van der Waals surface area contributed by atoms with Crippen molar-refractivity contribution in [1.82, 2.24) is 5.32 Å². The number of aryl methyl sites for hydroxylation is 2. The van der Waals surface area contributed by atoms with Crippen molar-refractivity contribution in [2.75, 3.05) is 7.05 Å². The first-order valence-corrected chi connectivity index (χ1v) is 7.39. The second-order valence-corrected chi connectivity index (χ2v) is 5.83. The van der Waals surface area contributed by atoms with E-state index >= 15 is 0 Å². The lowest BCUT2D eigenvalue weighted by Crippen LogP contribution is -2.19. The van der Waals surface area contributed by atoms with E-state index in [0.29, 0.717) is 6.04 Å². The molecule has 0 aliphatic carbocycles. The van der Waals surface area contributed by atoms with Gasteiger partial charge in [-0.25, -0.2) is 0 Å². The molecule has 0 aliphatic heterocycles. The smallest absolute Gasteiger partial charge is 0.0358 e. The first-order valence-electron chi connectivity index (χ1n) is 6.59. The summed E-state index contributed by atoms with van der Waals surface area (Å²) in [6.07, 6.45) is 0.987. The fraction of sp³-hybridized carbons (Fsp3) is 0.294. The van der Waals surface area contributed by atoms with Crippen molar-refractivity contribution >= 4 is 15.9 Å². The molecular formula is C17H20BrN. The minimum atomic E-state index is 0.345. The summed E-state index contributed by atoms with van der Waals surface area (Å²) in [6, 6.07) is 15.5. The minimum absolute atomic E-state index is 0.345. The SMILES string of the molecule is CNC(Cc1ccccc1Br)c1ccc(C)c(C)c1. The average Bonchev–Trinajstić information content (AvgIpc) is 2.41. The predicted octanol–water partition coefficient (Wildman–Crippen LogP) is 4.57. The van der Waals surface area contributed by atoms with Crippen LogP contribution in [0.1, 0.15) is 28.3 Å². The molecule has 0 aliphatic rings. The van der Waals surface area contributed by atoms with Gasteiger partial charge in [0.05, 0.1) is 0 Å². The fourth-order valence-corrected chi connectivity index (χ4v) is 2.70. The quantitative estimate of drug-likeness (QED) is 0.871. The normalized spacial score (nSPS) is 12.4. The van der Waals surface area contributed by atoms with Crippen LogP contribution in [0.5, 0.6) is 0 Å². The van der Waals surface area contributed by atoms with Crippen LogP contribution in [0.4, 0.5) is 0 Å². The molecule has 1 unspecified atom stereocenters. The van der Waals surface area contributed by atoms with Gasteiger partial charge in [0.1, 0.15) is 0 Å². The van der Waals surface area contributed by atoms with Gasteiger partial charge in [-0.15, -0.1) is 0 Å². The molecule has 2 heteroatoms.